The second-order valence-corrected chi connectivity index (χ2v) is 8.31. The van der Waals surface area contributed by atoms with Gasteiger partial charge >= 0.3 is 0 Å². The summed E-state index contributed by atoms with van der Waals surface area (Å²) in [4.78, 5) is 28.4. The molecule has 3 aromatic rings. The lowest BCUT2D eigenvalue weighted by Gasteiger charge is -2.38. The van der Waals surface area contributed by atoms with Crippen LogP contribution >= 0.6 is 0 Å². The van der Waals surface area contributed by atoms with Gasteiger partial charge in [0.05, 0.1) is 4.92 Å². The number of nitrogens with zero attached hydrogens (tertiary/aromatic N) is 3. The van der Waals surface area contributed by atoms with Crippen LogP contribution in [-0.4, -0.2) is 34.9 Å². The zero-order chi connectivity index (χ0) is 22.5. The average Bonchev–Trinajstić information content (AvgIpc) is 2.82. The summed E-state index contributed by atoms with van der Waals surface area (Å²) in [6.07, 6.45) is 1.70. The normalized spacial score (nSPS) is 14.8. The number of nitro benzene ring substituents is 1. The first-order chi connectivity index (χ1) is 15.5. The molecule has 1 fully saturated rings. The zero-order valence-corrected chi connectivity index (χ0v) is 18.2. The maximum Gasteiger partial charge on any atom is 0.269 e. The van der Waals surface area contributed by atoms with E-state index < -0.39 is 0 Å². The van der Waals surface area contributed by atoms with Crippen LogP contribution in [-0.2, 0) is 6.54 Å². The molecule has 164 valence electrons. The van der Waals surface area contributed by atoms with E-state index in [0.29, 0.717) is 12.1 Å². The van der Waals surface area contributed by atoms with Crippen LogP contribution in [0.4, 0.5) is 11.4 Å². The number of rotatable bonds is 6. The zero-order valence-electron chi connectivity index (χ0n) is 18.2. The van der Waals surface area contributed by atoms with Crippen LogP contribution in [0.3, 0.4) is 0 Å². The fourth-order valence-electron chi connectivity index (χ4n) is 4.28. The van der Waals surface area contributed by atoms with Gasteiger partial charge in [0.1, 0.15) is 0 Å². The topological polar surface area (TPSA) is 66.7 Å². The number of hydrogen-bond donors (Lipinski definition) is 0. The van der Waals surface area contributed by atoms with Gasteiger partial charge in [0.15, 0.2) is 0 Å². The quantitative estimate of drug-likeness (QED) is 0.398. The standard InChI is InChI=1S/C26H27N3O3/c1-20-10-12-23(13-11-20)28(26(30)22-7-3-2-4-8-22)24-14-16-27(17-15-24)19-21-6-5-9-25(18-21)29(31)32/h2-13,18,24H,14-17,19H2,1H3. The number of hydrogen-bond acceptors (Lipinski definition) is 4. The lowest BCUT2D eigenvalue weighted by atomic mass is 10.00. The smallest absolute Gasteiger partial charge is 0.269 e. The molecule has 0 N–H and O–H groups in total. The lowest BCUT2D eigenvalue weighted by molar-refractivity contribution is -0.384. The van der Waals surface area contributed by atoms with Crippen molar-refractivity contribution in [2.75, 3.05) is 18.0 Å². The van der Waals surface area contributed by atoms with Crippen LogP contribution in [0.1, 0.15) is 34.3 Å². The van der Waals surface area contributed by atoms with Crippen LogP contribution in [0.15, 0.2) is 78.9 Å². The minimum atomic E-state index is -0.357. The van der Waals surface area contributed by atoms with Crippen LogP contribution < -0.4 is 4.90 Å². The number of carbonyl (C=O) groups is 1. The molecule has 4 rings (SSSR count). The third kappa shape index (κ3) is 5.03. The Kier molecular flexibility index (Phi) is 6.61. The van der Waals surface area contributed by atoms with Crippen LogP contribution in [0.2, 0.25) is 0 Å². The lowest BCUT2D eigenvalue weighted by Crippen LogP contribution is -2.47. The van der Waals surface area contributed by atoms with Crippen molar-refractivity contribution in [2.24, 2.45) is 0 Å². The molecule has 1 saturated heterocycles. The molecule has 32 heavy (non-hydrogen) atoms. The predicted molar refractivity (Wildman–Crippen MR) is 126 cm³/mol. The summed E-state index contributed by atoms with van der Waals surface area (Å²) in [6.45, 7) is 4.38. The number of nitro groups is 1. The average molecular weight is 430 g/mol. The van der Waals surface area contributed by atoms with E-state index in [1.807, 2.05) is 72.5 Å². The minimum absolute atomic E-state index is 0.0200. The Labute approximate surface area is 188 Å². The second kappa shape index (κ2) is 9.75. The molecule has 6 heteroatoms. The number of amides is 1. The molecule has 1 aliphatic heterocycles. The SMILES string of the molecule is Cc1ccc(N(C(=O)c2ccccc2)C2CCN(Cc3cccc([N+](=O)[O-])c3)CC2)cc1. The number of aryl methyl sites for hydroxylation is 1. The molecular weight excluding hydrogens is 402 g/mol. The van der Waals surface area contributed by atoms with Crippen LogP contribution in [0.25, 0.3) is 0 Å². The van der Waals surface area contributed by atoms with Crippen molar-refractivity contribution in [1.29, 1.82) is 0 Å². The van der Waals surface area contributed by atoms with E-state index >= 15 is 0 Å². The van der Waals surface area contributed by atoms with Gasteiger partial charge in [-0.3, -0.25) is 19.8 Å². The monoisotopic (exact) mass is 429 g/mol. The van der Waals surface area contributed by atoms with Crippen molar-refractivity contribution < 1.29 is 9.72 Å². The molecule has 1 heterocycles. The van der Waals surface area contributed by atoms with Crippen LogP contribution in [0, 0.1) is 17.0 Å². The highest BCUT2D eigenvalue weighted by atomic mass is 16.6. The summed E-state index contributed by atoms with van der Waals surface area (Å²) in [6, 6.07) is 24.5. The molecule has 3 aromatic carbocycles. The Bertz CT molecular complexity index is 1070. The molecule has 0 saturated carbocycles. The van der Waals surface area contributed by atoms with Gasteiger partial charge in [-0.15, -0.1) is 0 Å². The fraction of sp³-hybridized carbons (Fsp3) is 0.269. The number of carbonyl (C=O) groups excluding carboxylic acids is 1. The van der Waals surface area contributed by atoms with E-state index in [0.717, 1.165) is 42.7 Å². The maximum absolute atomic E-state index is 13.5. The predicted octanol–water partition coefficient (Wildman–Crippen LogP) is 5.21. The Hall–Kier alpha value is -3.51. The number of piperidine rings is 1. The summed E-state index contributed by atoms with van der Waals surface area (Å²) >= 11 is 0. The Morgan fingerprint density at radius 1 is 1.00 bits per heavy atom. The van der Waals surface area contributed by atoms with Crippen molar-refractivity contribution in [3.8, 4) is 0 Å². The highest BCUT2D eigenvalue weighted by molar-refractivity contribution is 6.06. The summed E-state index contributed by atoms with van der Waals surface area (Å²) in [5.74, 6) is 0.0200. The molecule has 0 spiro atoms. The number of likely N-dealkylation sites (tertiary alicyclic amines) is 1. The second-order valence-electron chi connectivity index (χ2n) is 8.31. The number of benzene rings is 3. The van der Waals surface area contributed by atoms with Gasteiger partial charge < -0.3 is 4.90 Å². The molecule has 1 amide bonds. The third-order valence-electron chi connectivity index (χ3n) is 6.00. The van der Waals surface area contributed by atoms with E-state index in [2.05, 4.69) is 4.90 Å². The molecular formula is C26H27N3O3. The number of non-ortho nitro benzene ring substituents is 1. The van der Waals surface area contributed by atoms with E-state index in [1.165, 1.54) is 6.07 Å². The Morgan fingerprint density at radius 3 is 2.34 bits per heavy atom. The first-order valence-electron chi connectivity index (χ1n) is 10.9. The van der Waals surface area contributed by atoms with Gasteiger partial charge in [-0.1, -0.05) is 48.0 Å². The largest absolute Gasteiger partial charge is 0.305 e. The summed E-state index contributed by atoms with van der Waals surface area (Å²) < 4.78 is 0. The van der Waals surface area contributed by atoms with Crippen molar-refractivity contribution in [1.82, 2.24) is 4.90 Å². The van der Waals surface area contributed by atoms with Crippen molar-refractivity contribution in [3.63, 3.8) is 0 Å². The van der Waals surface area contributed by atoms with E-state index in [-0.39, 0.29) is 22.6 Å². The Balaban J connectivity index is 1.49. The van der Waals surface area contributed by atoms with Crippen molar-refractivity contribution >= 4 is 17.3 Å². The molecule has 0 radical (unpaired) electrons. The van der Waals surface area contributed by atoms with Crippen LogP contribution in [0.5, 0.6) is 0 Å². The molecule has 0 aliphatic carbocycles. The van der Waals surface area contributed by atoms with Gasteiger partial charge in [-0.05, 0) is 49.6 Å². The van der Waals surface area contributed by atoms with Gasteiger partial charge in [-0.25, -0.2) is 0 Å². The summed E-state index contributed by atoms with van der Waals surface area (Å²) in [7, 11) is 0. The minimum Gasteiger partial charge on any atom is -0.305 e. The van der Waals surface area contributed by atoms with E-state index in [1.54, 1.807) is 12.1 Å². The van der Waals surface area contributed by atoms with Crippen molar-refractivity contribution in [2.45, 2.75) is 32.4 Å². The van der Waals surface area contributed by atoms with Gasteiger partial charge in [0.2, 0.25) is 0 Å². The van der Waals surface area contributed by atoms with Crippen molar-refractivity contribution in [3.05, 3.63) is 106 Å². The van der Waals surface area contributed by atoms with E-state index in [4.69, 9.17) is 0 Å². The fourth-order valence-corrected chi connectivity index (χ4v) is 4.28. The Morgan fingerprint density at radius 2 is 1.69 bits per heavy atom. The van der Waals surface area contributed by atoms with Gasteiger partial charge in [0, 0.05) is 49.1 Å². The van der Waals surface area contributed by atoms with E-state index in [9.17, 15) is 14.9 Å². The summed E-state index contributed by atoms with van der Waals surface area (Å²) in [5.41, 5.74) is 3.83. The highest BCUT2D eigenvalue weighted by Gasteiger charge is 2.30. The van der Waals surface area contributed by atoms with Gasteiger partial charge in [-0.2, -0.15) is 0 Å². The van der Waals surface area contributed by atoms with Gasteiger partial charge in [0.25, 0.3) is 11.6 Å². The first kappa shape index (κ1) is 21.7. The number of anilines is 1. The maximum atomic E-state index is 13.5. The molecule has 0 aromatic heterocycles. The molecule has 0 atom stereocenters. The molecule has 1 aliphatic rings. The summed E-state index contributed by atoms with van der Waals surface area (Å²) in [5, 5.41) is 11.1. The molecule has 0 unspecified atom stereocenters. The third-order valence-corrected chi connectivity index (χ3v) is 6.00. The molecule has 0 bridgehead atoms. The first-order valence-corrected chi connectivity index (χ1v) is 10.9. The molecule has 6 nitrogen and oxygen atoms in total. The highest BCUT2D eigenvalue weighted by Crippen LogP contribution is 2.27.